The predicted molar refractivity (Wildman–Crippen MR) is 89.5 cm³/mol. The van der Waals surface area contributed by atoms with E-state index in [1.165, 1.54) is 12.1 Å². The molecule has 0 spiro atoms. The number of rotatable bonds is 5. The second-order valence-electron chi connectivity index (χ2n) is 6.41. The molecule has 0 radical (unpaired) electrons. The van der Waals surface area contributed by atoms with Crippen molar-refractivity contribution in [2.45, 2.75) is 18.6 Å². The first-order chi connectivity index (χ1) is 12.6. The van der Waals surface area contributed by atoms with Crippen LogP contribution in [-0.4, -0.2) is 56.3 Å². The molecule has 3 aromatic rings. The maximum absolute atomic E-state index is 13.0. The highest BCUT2D eigenvalue weighted by atomic mass is 19.1. The normalized spacial score (nSPS) is 20.7. The van der Waals surface area contributed by atoms with Gasteiger partial charge in [-0.3, -0.25) is 9.58 Å². The zero-order valence-electron chi connectivity index (χ0n) is 14.5. The van der Waals surface area contributed by atoms with E-state index in [9.17, 15) is 4.39 Å². The number of halogens is 1. The van der Waals surface area contributed by atoms with E-state index in [1.54, 1.807) is 23.9 Å². The third-order valence-electron chi connectivity index (χ3n) is 4.57. The molecular formula is C17H19FN6O2. The zero-order chi connectivity index (χ0) is 18.1. The molecule has 4 rings (SSSR count). The third-order valence-corrected chi connectivity index (χ3v) is 4.57. The van der Waals surface area contributed by atoms with Crippen molar-refractivity contribution in [2.24, 2.45) is 7.05 Å². The van der Waals surface area contributed by atoms with Crippen molar-refractivity contribution in [3.8, 4) is 11.4 Å². The van der Waals surface area contributed by atoms with Gasteiger partial charge in [-0.05, 0) is 24.3 Å². The molecule has 0 amide bonds. The Kier molecular flexibility index (Phi) is 4.48. The molecule has 8 nitrogen and oxygen atoms in total. The summed E-state index contributed by atoms with van der Waals surface area (Å²) in [4.78, 5) is 6.60. The molecule has 0 bridgehead atoms. The zero-order valence-corrected chi connectivity index (χ0v) is 14.5. The number of aryl methyl sites for hydroxylation is 1. The molecule has 0 saturated carbocycles. The van der Waals surface area contributed by atoms with Gasteiger partial charge in [-0.25, -0.2) is 4.39 Å². The fourth-order valence-electron chi connectivity index (χ4n) is 3.27. The fraction of sp³-hybridized carbons (Fsp3) is 0.412. The van der Waals surface area contributed by atoms with Crippen LogP contribution >= 0.6 is 0 Å². The van der Waals surface area contributed by atoms with Gasteiger partial charge in [0.05, 0.1) is 18.3 Å². The molecule has 0 unspecified atom stereocenters. The average Bonchev–Trinajstić information content (AvgIpc) is 3.35. The molecule has 0 aliphatic carbocycles. The second-order valence-corrected chi connectivity index (χ2v) is 6.41. The van der Waals surface area contributed by atoms with Crippen LogP contribution in [-0.2, 0) is 18.3 Å². The average molecular weight is 358 g/mol. The molecule has 2 aromatic heterocycles. The standard InChI is InChI=1S/C17H19FN6O2/c1-23-8-14(20-22-23)13-7-24(9-15(13)25-2)10-16-19-17(21-26-16)11-3-5-12(18)6-4-11/h3-6,8,13,15H,7,9-10H2,1-2H3/t13-,15+/m0/s1. The van der Waals surface area contributed by atoms with E-state index in [0.29, 0.717) is 18.3 Å². The minimum atomic E-state index is -0.296. The van der Waals surface area contributed by atoms with Gasteiger partial charge < -0.3 is 9.26 Å². The number of hydrogen-bond donors (Lipinski definition) is 0. The molecule has 1 fully saturated rings. The Morgan fingerprint density at radius 2 is 2.08 bits per heavy atom. The van der Waals surface area contributed by atoms with Crippen molar-refractivity contribution < 1.29 is 13.7 Å². The smallest absolute Gasteiger partial charge is 0.241 e. The SMILES string of the molecule is CO[C@@H]1CN(Cc2nc(-c3ccc(F)cc3)no2)C[C@H]1c1cn(C)nn1. The minimum Gasteiger partial charge on any atom is -0.379 e. The summed E-state index contributed by atoms with van der Waals surface area (Å²) < 4.78 is 25.7. The van der Waals surface area contributed by atoms with Crippen molar-refractivity contribution in [1.29, 1.82) is 0 Å². The highest BCUT2D eigenvalue weighted by Gasteiger charge is 2.36. The number of aromatic nitrogens is 5. The second kappa shape index (κ2) is 6.93. The maximum Gasteiger partial charge on any atom is 0.241 e. The fourth-order valence-corrected chi connectivity index (χ4v) is 3.27. The summed E-state index contributed by atoms with van der Waals surface area (Å²) in [5.41, 5.74) is 1.63. The Hall–Kier alpha value is -2.65. The number of hydrogen-bond acceptors (Lipinski definition) is 7. The summed E-state index contributed by atoms with van der Waals surface area (Å²) >= 11 is 0. The first-order valence-electron chi connectivity index (χ1n) is 8.32. The predicted octanol–water partition coefficient (Wildman–Crippen LogP) is 1.62. The molecule has 2 atom stereocenters. The topological polar surface area (TPSA) is 82.1 Å². The van der Waals surface area contributed by atoms with Crippen LogP contribution in [0.25, 0.3) is 11.4 Å². The molecule has 1 aromatic carbocycles. The van der Waals surface area contributed by atoms with Crippen LogP contribution in [0.1, 0.15) is 17.5 Å². The van der Waals surface area contributed by atoms with Crippen LogP contribution in [0.5, 0.6) is 0 Å². The lowest BCUT2D eigenvalue weighted by Crippen LogP contribution is -2.22. The Balaban J connectivity index is 1.45. The van der Waals surface area contributed by atoms with Gasteiger partial charge >= 0.3 is 0 Å². The highest BCUT2D eigenvalue weighted by Crippen LogP contribution is 2.29. The number of ether oxygens (including phenoxy) is 1. The van der Waals surface area contributed by atoms with Gasteiger partial charge in [0.1, 0.15) is 5.82 Å². The van der Waals surface area contributed by atoms with Crippen LogP contribution in [0.4, 0.5) is 4.39 Å². The monoisotopic (exact) mass is 358 g/mol. The van der Waals surface area contributed by atoms with Gasteiger partial charge in [-0.15, -0.1) is 5.10 Å². The summed E-state index contributed by atoms with van der Waals surface area (Å²) in [5, 5.41) is 12.2. The van der Waals surface area contributed by atoms with Crippen LogP contribution < -0.4 is 0 Å². The van der Waals surface area contributed by atoms with Crippen LogP contribution in [0, 0.1) is 5.82 Å². The number of likely N-dealkylation sites (tertiary alicyclic amines) is 1. The van der Waals surface area contributed by atoms with Gasteiger partial charge in [0, 0.05) is 44.9 Å². The summed E-state index contributed by atoms with van der Waals surface area (Å²) in [6, 6.07) is 6.01. The lowest BCUT2D eigenvalue weighted by Gasteiger charge is -2.13. The molecule has 3 heterocycles. The van der Waals surface area contributed by atoms with E-state index in [2.05, 4.69) is 25.4 Å². The van der Waals surface area contributed by atoms with Crippen molar-refractivity contribution in [1.82, 2.24) is 30.0 Å². The van der Waals surface area contributed by atoms with Crippen molar-refractivity contribution in [2.75, 3.05) is 20.2 Å². The van der Waals surface area contributed by atoms with Gasteiger partial charge in [-0.2, -0.15) is 4.98 Å². The Bertz CT molecular complexity index is 878. The molecule has 0 N–H and O–H groups in total. The molecule has 9 heteroatoms. The maximum atomic E-state index is 13.0. The van der Waals surface area contributed by atoms with Crippen LogP contribution in [0.3, 0.4) is 0 Å². The van der Waals surface area contributed by atoms with Gasteiger partial charge in [-0.1, -0.05) is 10.4 Å². The Morgan fingerprint density at radius 3 is 2.77 bits per heavy atom. The van der Waals surface area contributed by atoms with Crippen LogP contribution in [0.15, 0.2) is 35.0 Å². The lowest BCUT2D eigenvalue weighted by molar-refractivity contribution is 0.0946. The summed E-state index contributed by atoms with van der Waals surface area (Å²) in [6.45, 7) is 2.03. The molecule has 1 aliphatic heterocycles. The van der Waals surface area contributed by atoms with E-state index in [0.717, 1.165) is 24.3 Å². The third kappa shape index (κ3) is 3.35. The van der Waals surface area contributed by atoms with E-state index in [1.807, 2.05) is 13.2 Å². The van der Waals surface area contributed by atoms with E-state index in [-0.39, 0.29) is 17.8 Å². The van der Waals surface area contributed by atoms with E-state index < -0.39 is 0 Å². The minimum absolute atomic E-state index is 0.0335. The van der Waals surface area contributed by atoms with E-state index >= 15 is 0 Å². The van der Waals surface area contributed by atoms with Gasteiger partial charge in [0.15, 0.2) is 0 Å². The Labute approximate surface area is 149 Å². The van der Waals surface area contributed by atoms with Crippen molar-refractivity contribution in [3.05, 3.63) is 47.9 Å². The highest BCUT2D eigenvalue weighted by molar-refractivity contribution is 5.53. The largest absolute Gasteiger partial charge is 0.379 e. The molecule has 26 heavy (non-hydrogen) atoms. The molecule has 1 saturated heterocycles. The summed E-state index contributed by atoms with van der Waals surface area (Å²) in [7, 11) is 3.55. The van der Waals surface area contributed by atoms with Gasteiger partial charge in [0.25, 0.3) is 0 Å². The number of benzene rings is 1. The molecule has 1 aliphatic rings. The summed E-state index contributed by atoms with van der Waals surface area (Å²) in [5.74, 6) is 0.815. The quantitative estimate of drug-likeness (QED) is 0.685. The number of nitrogens with zero attached hydrogens (tertiary/aromatic N) is 6. The van der Waals surface area contributed by atoms with Crippen molar-refractivity contribution >= 4 is 0 Å². The first-order valence-corrected chi connectivity index (χ1v) is 8.32. The van der Waals surface area contributed by atoms with Gasteiger partial charge in [0.2, 0.25) is 11.7 Å². The van der Waals surface area contributed by atoms with Crippen LogP contribution in [0.2, 0.25) is 0 Å². The molecular weight excluding hydrogens is 339 g/mol. The Morgan fingerprint density at radius 1 is 1.27 bits per heavy atom. The first kappa shape index (κ1) is 16.8. The van der Waals surface area contributed by atoms with Crippen molar-refractivity contribution in [3.63, 3.8) is 0 Å². The van der Waals surface area contributed by atoms with E-state index in [4.69, 9.17) is 9.26 Å². The summed E-state index contributed by atoms with van der Waals surface area (Å²) in [6.07, 6.45) is 1.95. The molecule has 136 valence electrons. The number of methoxy groups -OCH3 is 1. The lowest BCUT2D eigenvalue weighted by atomic mass is 10.0.